The van der Waals surface area contributed by atoms with E-state index in [4.69, 9.17) is 9.47 Å². The number of phenols is 1. The standard InChI is InChI=1S/C23H28O4/c1-6-26-19-14-17(22(23(3,4)5)21(15-19)27-7-2)10-13-20(25)16-8-11-18(24)12-9-16/h8-15,24H,6-7H2,1-5H3/b13-10+. The number of rotatable bonds is 7. The van der Waals surface area contributed by atoms with Crippen LogP contribution in [0.4, 0.5) is 0 Å². The number of hydrogen-bond donors (Lipinski definition) is 1. The van der Waals surface area contributed by atoms with Crippen molar-refractivity contribution in [1.82, 2.24) is 0 Å². The summed E-state index contributed by atoms with van der Waals surface area (Å²) < 4.78 is 11.5. The topological polar surface area (TPSA) is 55.8 Å². The first-order valence-electron chi connectivity index (χ1n) is 9.21. The minimum atomic E-state index is -0.170. The van der Waals surface area contributed by atoms with Crippen molar-refractivity contribution in [3.8, 4) is 17.2 Å². The molecule has 0 bridgehead atoms. The minimum Gasteiger partial charge on any atom is -0.508 e. The van der Waals surface area contributed by atoms with E-state index in [9.17, 15) is 9.90 Å². The maximum Gasteiger partial charge on any atom is 0.185 e. The highest BCUT2D eigenvalue weighted by atomic mass is 16.5. The van der Waals surface area contributed by atoms with Crippen LogP contribution < -0.4 is 9.47 Å². The van der Waals surface area contributed by atoms with E-state index in [2.05, 4.69) is 20.8 Å². The molecule has 2 rings (SSSR count). The summed E-state index contributed by atoms with van der Waals surface area (Å²) in [5.41, 5.74) is 2.27. The lowest BCUT2D eigenvalue weighted by Gasteiger charge is -2.26. The van der Waals surface area contributed by atoms with Crippen molar-refractivity contribution in [2.24, 2.45) is 0 Å². The molecule has 4 nitrogen and oxygen atoms in total. The van der Waals surface area contributed by atoms with Gasteiger partial charge in [-0.3, -0.25) is 4.79 Å². The molecule has 0 heterocycles. The molecule has 0 fully saturated rings. The molecule has 4 heteroatoms. The number of phenolic OH excluding ortho intramolecular Hbond substituents is 1. The Bertz CT molecular complexity index is 812. The minimum absolute atomic E-state index is 0.130. The SMILES string of the molecule is CCOc1cc(/C=C/C(=O)c2ccc(O)cc2)c(C(C)(C)C)c(OCC)c1. The van der Waals surface area contributed by atoms with Crippen molar-refractivity contribution in [2.45, 2.75) is 40.0 Å². The van der Waals surface area contributed by atoms with Crippen LogP contribution in [0.2, 0.25) is 0 Å². The zero-order chi connectivity index (χ0) is 20.0. The van der Waals surface area contributed by atoms with Crippen LogP contribution in [0.25, 0.3) is 6.08 Å². The van der Waals surface area contributed by atoms with E-state index in [-0.39, 0.29) is 16.9 Å². The van der Waals surface area contributed by atoms with Gasteiger partial charge in [0, 0.05) is 17.2 Å². The molecule has 0 aliphatic heterocycles. The van der Waals surface area contributed by atoms with Crippen LogP contribution in [0.5, 0.6) is 17.2 Å². The molecule has 2 aromatic carbocycles. The van der Waals surface area contributed by atoms with Crippen molar-refractivity contribution < 1.29 is 19.4 Å². The number of aromatic hydroxyl groups is 1. The highest BCUT2D eigenvalue weighted by Gasteiger charge is 2.23. The summed E-state index contributed by atoms with van der Waals surface area (Å²) in [7, 11) is 0. The van der Waals surface area contributed by atoms with Crippen molar-refractivity contribution in [3.63, 3.8) is 0 Å². The van der Waals surface area contributed by atoms with E-state index in [1.54, 1.807) is 24.3 Å². The highest BCUT2D eigenvalue weighted by Crippen LogP contribution is 2.38. The summed E-state index contributed by atoms with van der Waals surface area (Å²) in [6, 6.07) is 10.1. The lowest BCUT2D eigenvalue weighted by Crippen LogP contribution is -2.16. The van der Waals surface area contributed by atoms with Crippen LogP contribution >= 0.6 is 0 Å². The van der Waals surface area contributed by atoms with Gasteiger partial charge in [0.2, 0.25) is 0 Å². The molecule has 0 radical (unpaired) electrons. The van der Waals surface area contributed by atoms with Crippen LogP contribution in [0.1, 0.15) is 56.1 Å². The van der Waals surface area contributed by atoms with Crippen LogP contribution in [-0.4, -0.2) is 24.1 Å². The average Bonchev–Trinajstić information content (AvgIpc) is 2.59. The van der Waals surface area contributed by atoms with Crippen molar-refractivity contribution >= 4 is 11.9 Å². The predicted molar refractivity (Wildman–Crippen MR) is 109 cm³/mol. The molecule has 0 unspecified atom stereocenters. The molecule has 0 saturated heterocycles. The maximum atomic E-state index is 12.5. The van der Waals surface area contributed by atoms with Crippen LogP contribution in [-0.2, 0) is 5.41 Å². The molecule has 0 spiro atoms. The van der Waals surface area contributed by atoms with Crippen LogP contribution in [0.3, 0.4) is 0 Å². The number of benzene rings is 2. The average molecular weight is 368 g/mol. The maximum absolute atomic E-state index is 12.5. The molecule has 1 N–H and O–H groups in total. The number of allylic oxidation sites excluding steroid dienone is 1. The number of carbonyl (C=O) groups is 1. The van der Waals surface area contributed by atoms with E-state index >= 15 is 0 Å². The fourth-order valence-electron chi connectivity index (χ4n) is 2.95. The lowest BCUT2D eigenvalue weighted by molar-refractivity contribution is 0.104. The quantitative estimate of drug-likeness (QED) is 0.526. The predicted octanol–water partition coefficient (Wildman–Crippen LogP) is 5.38. The molecule has 27 heavy (non-hydrogen) atoms. The summed E-state index contributed by atoms with van der Waals surface area (Å²) in [6.07, 6.45) is 3.35. The van der Waals surface area contributed by atoms with Crippen LogP contribution in [0.15, 0.2) is 42.5 Å². The van der Waals surface area contributed by atoms with Gasteiger partial charge < -0.3 is 14.6 Å². The summed E-state index contributed by atoms with van der Waals surface area (Å²) in [6.45, 7) is 11.3. The Balaban J connectivity index is 2.48. The summed E-state index contributed by atoms with van der Waals surface area (Å²) >= 11 is 0. The van der Waals surface area contributed by atoms with E-state index < -0.39 is 0 Å². The smallest absolute Gasteiger partial charge is 0.185 e. The van der Waals surface area contributed by atoms with Crippen LogP contribution in [0, 0.1) is 0 Å². The van der Waals surface area contributed by atoms with E-state index in [0.717, 1.165) is 16.9 Å². The van der Waals surface area contributed by atoms with Gasteiger partial charge in [0.15, 0.2) is 5.78 Å². The van der Waals surface area contributed by atoms with E-state index in [0.29, 0.717) is 24.5 Å². The molecule has 0 saturated carbocycles. The monoisotopic (exact) mass is 368 g/mol. The first kappa shape index (κ1) is 20.6. The van der Waals surface area contributed by atoms with Gasteiger partial charge in [-0.1, -0.05) is 26.8 Å². The van der Waals surface area contributed by atoms with Crippen molar-refractivity contribution in [1.29, 1.82) is 0 Å². The fourth-order valence-corrected chi connectivity index (χ4v) is 2.95. The third-order valence-electron chi connectivity index (χ3n) is 4.03. The second-order valence-electron chi connectivity index (χ2n) is 7.25. The second kappa shape index (κ2) is 8.76. The van der Waals surface area contributed by atoms with Gasteiger partial charge in [0.1, 0.15) is 17.2 Å². The van der Waals surface area contributed by atoms with Gasteiger partial charge in [0.05, 0.1) is 13.2 Å². The van der Waals surface area contributed by atoms with E-state index in [1.165, 1.54) is 12.1 Å². The fraction of sp³-hybridized carbons (Fsp3) is 0.348. The summed E-state index contributed by atoms with van der Waals surface area (Å²) in [5, 5.41) is 9.38. The number of hydrogen-bond acceptors (Lipinski definition) is 4. The van der Waals surface area contributed by atoms with Gasteiger partial charge in [-0.25, -0.2) is 0 Å². The molecule has 144 valence electrons. The number of ether oxygens (including phenoxy) is 2. The van der Waals surface area contributed by atoms with Crippen molar-refractivity contribution in [2.75, 3.05) is 13.2 Å². The first-order valence-corrected chi connectivity index (χ1v) is 9.21. The van der Waals surface area contributed by atoms with Gasteiger partial charge in [-0.15, -0.1) is 0 Å². The molecular formula is C23H28O4. The number of ketones is 1. The zero-order valence-electron chi connectivity index (χ0n) is 16.7. The third-order valence-corrected chi connectivity index (χ3v) is 4.03. The Labute approximate surface area is 161 Å². The third kappa shape index (κ3) is 5.36. The zero-order valence-corrected chi connectivity index (χ0v) is 16.7. The Morgan fingerprint density at radius 1 is 1.04 bits per heavy atom. The molecular weight excluding hydrogens is 340 g/mol. The van der Waals surface area contributed by atoms with Gasteiger partial charge in [-0.05, 0) is 61.2 Å². The largest absolute Gasteiger partial charge is 0.508 e. The second-order valence-corrected chi connectivity index (χ2v) is 7.25. The van der Waals surface area contributed by atoms with Gasteiger partial charge >= 0.3 is 0 Å². The Morgan fingerprint density at radius 2 is 1.67 bits per heavy atom. The summed E-state index contributed by atoms with van der Waals surface area (Å²) in [4.78, 5) is 12.5. The Hall–Kier alpha value is -2.75. The van der Waals surface area contributed by atoms with E-state index in [1.807, 2.05) is 26.0 Å². The number of carbonyl (C=O) groups excluding carboxylic acids is 1. The van der Waals surface area contributed by atoms with Crippen molar-refractivity contribution in [3.05, 3.63) is 59.2 Å². The highest BCUT2D eigenvalue weighted by molar-refractivity contribution is 6.07. The Morgan fingerprint density at radius 3 is 2.22 bits per heavy atom. The molecule has 0 aromatic heterocycles. The normalized spacial score (nSPS) is 11.6. The summed E-state index contributed by atoms with van der Waals surface area (Å²) in [5.74, 6) is 1.49. The molecule has 0 amide bonds. The van der Waals surface area contributed by atoms with Gasteiger partial charge in [-0.2, -0.15) is 0 Å². The lowest BCUT2D eigenvalue weighted by atomic mass is 9.82. The first-order chi connectivity index (χ1) is 12.8. The molecule has 0 aliphatic rings. The van der Waals surface area contributed by atoms with Gasteiger partial charge in [0.25, 0.3) is 0 Å². The molecule has 0 atom stereocenters. The Kier molecular flexibility index (Phi) is 6.67. The molecule has 0 aliphatic carbocycles. The molecule has 2 aromatic rings.